The van der Waals surface area contributed by atoms with E-state index in [0.29, 0.717) is 12.2 Å². The molecule has 3 aromatic rings. The van der Waals surface area contributed by atoms with E-state index in [9.17, 15) is 4.79 Å². The summed E-state index contributed by atoms with van der Waals surface area (Å²) in [6.07, 6.45) is 0. The molecule has 0 aliphatic rings. The molecule has 1 unspecified atom stereocenters. The molecule has 0 fully saturated rings. The number of nitrogens with one attached hydrogen (secondary N) is 1. The number of fused-ring (bicyclic) bond motifs is 1. The molecule has 0 radical (unpaired) electrons. The molecular formula is C20H21NO2. The maximum atomic E-state index is 12.2. The van der Waals surface area contributed by atoms with E-state index < -0.39 is 0 Å². The average Bonchev–Trinajstić information content (AvgIpc) is 2.90. The number of rotatable bonds is 4. The molecule has 0 amide bonds. The molecule has 0 aliphatic carbocycles. The van der Waals surface area contributed by atoms with E-state index in [4.69, 9.17) is 4.74 Å². The van der Waals surface area contributed by atoms with Crippen LogP contribution in [0.1, 0.15) is 46.9 Å². The van der Waals surface area contributed by atoms with Crippen molar-refractivity contribution in [3.8, 4) is 0 Å². The SMILES string of the molecule is CCOC(=O)c1c(C)[nH]c2ccc(C(C)c3ccccc3)cc12. The minimum absolute atomic E-state index is 0.263. The second kappa shape index (κ2) is 6.29. The Morgan fingerprint density at radius 3 is 2.57 bits per heavy atom. The van der Waals surface area contributed by atoms with E-state index in [0.717, 1.165) is 16.6 Å². The minimum atomic E-state index is -0.263. The molecule has 3 nitrogen and oxygen atoms in total. The van der Waals surface area contributed by atoms with Crippen molar-refractivity contribution in [2.45, 2.75) is 26.7 Å². The van der Waals surface area contributed by atoms with Crippen molar-refractivity contribution >= 4 is 16.9 Å². The maximum Gasteiger partial charge on any atom is 0.340 e. The lowest BCUT2D eigenvalue weighted by Crippen LogP contribution is -2.05. The standard InChI is InChI=1S/C20H21NO2/c1-4-23-20(22)19-14(3)21-18-11-10-16(12-17(18)19)13(2)15-8-6-5-7-9-15/h5-13,21H,4H2,1-3H3. The fraction of sp³-hybridized carbons (Fsp3) is 0.250. The van der Waals surface area contributed by atoms with Crippen LogP contribution in [0.5, 0.6) is 0 Å². The van der Waals surface area contributed by atoms with Gasteiger partial charge in [0, 0.05) is 22.5 Å². The summed E-state index contributed by atoms with van der Waals surface area (Å²) in [5.74, 6) is 0.00613. The highest BCUT2D eigenvalue weighted by Gasteiger charge is 2.18. The van der Waals surface area contributed by atoms with Crippen LogP contribution in [0.25, 0.3) is 10.9 Å². The Bertz CT molecular complexity index is 833. The normalized spacial score (nSPS) is 12.3. The van der Waals surface area contributed by atoms with Crippen LogP contribution >= 0.6 is 0 Å². The Morgan fingerprint density at radius 1 is 1.13 bits per heavy atom. The molecule has 1 N–H and O–H groups in total. The Kier molecular flexibility index (Phi) is 4.20. The highest BCUT2D eigenvalue weighted by atomic mass is 16.5. The topological polar surface area (TPSA) is 42.1 Å². The van der Waals surface area contributed by atoms with E-state index in [-0.39, 0.29) is 11.9 Å². The van der Waals surface area contributed by atoms with Gasteiger partial charge in [0.1, 0.15) is 0 Å². The van der Waals surface area contributed by atoms with Crippen molar-refractivity contribution < 1.29 is 9.53 Å². The van der Waals surface area contributed by atoms with Gasteiger partial charge in [-0.25, -0.2) is 4.79 Å². The fourth-order valence-electron chi connectivity index (χ4n) is 3.01. The van der Waals surface area contributed by atoms with Crippen LogP contribution in [0.15, 0.2) is 48.5 Å². The second-order valence-corrected chi connectivity index (χ2v) is 5.78. The van der Waals surface area contributed by atoms with E-state index >= 15 is 0 Å². The van der Waals surface area contributed by atoms with Gasteiger partial charge >= 0.3 is 5.97 Å². The first-order valence-corrected chi connectivity index (χ1v) is 7.96. The van der Waals surface area contributed by atoms with Gasteiger partial charge in [-0.05, 0) is 37.1 Å². The van der Waals surface area contributed by atoms with Crippen LogP contribution in [0.3, 0.4) is 0 Å². The van der Waals surface area contributed by atoms with Crippen LogP contribution < -0.4 is 0 Å². The molecule has 2 aromatic carbocycles. The lowest BCUT2D eigenvalue weighted by atomic mass is 9.92. The van der Waals surface area contributed by atoms with Crippen LogP contribution in [-0.4, -0.2) is 17.6 Å². The molecule has 1 atom stereocenters. The van der Waals surface area contributed by atoms with Gasteiger partial charge in [-0.2, -0.15) is 0 Å². The van der Waals surface area contributed by atoms with Gasteiger partial charge in [0.05, 0.1) is 12.2 Å². The number of hydrogen-bond donors (Lipinski definition) is 1. The first-order chi connectivity index (χ1) is 11.1. The van der Waals surface area contributed by atoms with Crippen molar-refractivity contribution in [2.75, 3.05) is 6.61 Å². The zero-order valence-electron chi connectivity index (χ0n) is 13.7. The van der Waals surface area contributed by atoms with Gasteiger partial charge in [-0.1, -0.05) is 43.3 Å². The lowest BCUT2D eigenvalue weighted by Gasteiger charge is -2.13. The van der Waals surface area contributed by atoms with Gasteiger partial charge in [-0.15, -0.1) is 0 Å². The number of aryl methyl sites for hydroxylation is 1. The van der Waals surface area contributed by atoms with Crippen molar-refractivity contribution in [1.29, 1.82) is 0 Å². The number of carbonyl (C=O) groups is 1. The van der Waals surface area contributed by atoms with Gasteiger partial charge in [0.15, 0.2) is 0 Å². The smallest absolute Gasteiger partial charge is 0.340 e. The average molecular weight is 307 g/mol. The second-order valence-electron chi connectivity index (χ2n) is 5.78. The molecule has 0 bridgehead atoms. The Balaban J connectivity index is 2.07. The van der Waals surface area contributed by atoms with E-state index in [1.807, 2.05) is 26.0 Å². The predicted molar refractivity (Wildman–Crippen MR) is 93.0 cm³/mol. The van der Waals surface area contributed by atoms with E-state index in [1.54, 1.807) is 0 Å². The Morgan fingerprint density at radius 2 is 1.87 bits per heavy atom. The molecule has 1 aromatic heterocycles. The molecule has 0 aliphatic heterocycles. The van der Waals surface area contributed by atoms with Crippen LogP contribution in [0.4, 0.5) is 0 Å². The van der Waals surface area contributed by atoms with Gasteiger partial charge < -0.3 is 9.72 Å². The van der Waals surface area contributed by atoms with Crippen LogP contribution in [-0.2, 0) is 4.74 Å². The van der Waals surface area contributed by atoms with Gasteiger partial charge in [0.25, 0.3) is 0 Å². The molecule has 23 heavy (non-hydrogen) atoms. The number of hydrogen-bond acceptors (Lipinski definition) is 2. The minimum Gasteiger partial charge on any atom is -0.462 e. The number of H-pyrrole nitrogens is 1. The molecule has 3 heteroatoms. The molecule has 118 valence electrons. The zero-order chi connectivity index (χ0) is 16.4. The quantitative estimate of drug-likeness (QED) is 0.703. The highest BCUT2D eigenvalue weighted by Crippen LogP contribution is 2.30. The summed E-state index contributed by atoms with van der Waals surface area (Å²) in [5, 5.41) is 0.932. The lowest BCUT2D eigenvalue weighted by molar-refractivity contribution is 0.0528. The number of ether oxygens (including phenoxy) is 1. The Labute approximate surface area is 136 Å². The first kappa shape index (κ1) is 15.3. The van der Waals surface area contributed by atoms with Crippen LogP contribution in [0, 0.1) is 6.92 Å². The van der Waals surface area contributed by atoms with Crippen molar-refractivity contribution in [3.05, 3.63) is 70.9 Å². The van der Waals surface area contributed by atoms with Crippen molar-refractivity contribution in [3.63, 3.8) is 0 Å². The number of benzene rings is 2. The number of esters is 1. The molecule has 3 rings (SSSR count). The summed E-state index contributed by atoms with van der Waals surface area (Å²) in [5.41, 5.74) is 4.91. The number of aromatic amines is 1. The number of aromatic nitrogens is 1. The van der Waals surface area contributed by atoms with Crippen LogP contribution in [0.2, 0.25) is 0 Å². The fourth-order valence-corrected chi connectivity index (χ4v) is 3.01. The Hall–Kier alpha value is -2.55. The third kappa shape index (κ3) is 2.87. The summed E-state index contributed by atoms with van der Waals surface area (Å²) < 4.78 is 5.20. The van der Waals surface area contributed by atoms with E-state index in [2.05, 4.69) is 48.3 Å². The highest BCUT2D eigenvalue weighted by molar-refractivity contribution is 6.05. The van der Waals surface area contributed by atoms with Gasteiger partial charge in [0.2, 0.25) is 0 Å². The molecule has 0 spiro atoms. The molecule has 0 saturated carbocycles. The number of carbonyl (C=O) groups excluding carboxylic acids is 1. The van der Waals surface area contributed by atoms with Gasteiger partial charge in [-0.3, -0.25) is 0 Å². The monoisotopic (exact) mass is 307 g/mol. The third-order valence-corrected chi connectivity index (χ3v) is 4.29. The van der Waals surface area contributed by atoms with Crippen molar-refractivity contribution in [1.82, 2.24) is 4.98 Å². The zero-order valence-corrected chi connectivity index (χ0v) is 13.7. The first-order valence-electron chi connectivity index (χ1n) is 7.96. The predicted octanol–water partition coefficient (Wildman–Crippen LogP) is 4.80. The third-order valence-electron chi connectivity index (χ3n) is 4.29. The molecular weight excluding hydrogens is 286 g/mol. The maximum absolute atomic E-state index is 12.2. The van der Waals surface area contributed by atoms with Crippen molar-refractivity contribution in [2.24, 2.45) is 0 Å². The largest absolute Gasteiger partial charge is 0.462 e. The van der Waals surface area contributed by atoms with E-state index in [1.165, 1.54) is 11.1 Å². The summed E-state index contributed by atoms with van der Waals surface area (Å²) in [6, 6.07) is 16.6. The summed E-state index contributed by atoms with van der Waals surface area (Å²) in [4.78, 5) is 15.5. The summed E-state index contributed by atoms with van der Waals surface area (Å²) in [6.45, 7) is 6.29. The summed E-state index contributed by atoms with van der Waals surface area (Å²) in [7, 11) is 0. The molecule has 1 heterocycles. The molecule has 0 saturated heterocycles. The summed E-state index contributed by atoms with van der Waals surface area (Å²) >= 11 is 0.